The Hall–Kier alpha value is -0.580. The highest BCUT2D eigenvalue weighted by atomic mass is 35.5. The molecule has 0 aliphatic carbocycles. The van der Waals surface area contributed by atoms with Gasteiger partial charge in [-0.1, -0.05) is 12.1 Å². The summed E-state index contributed by atoms with van der Waals surface area (Å²) in [6.45, 7) is 1.65. The average Bonchev–Trinajstić information content (AvgIpc) is 2.24. The van der Waals surface area contributed by atoms with Crippen molar-refractivity contribution >= 4 is 21.4 Å². The van der Waals surface area contributed by atoms with Crippen molar-refractivity contribution in [2.24, 2.45) is 0 Å². The molecule has 90 valence electrons. The van der Waals surface area contributed by atoms with E-state index in [0.717, 1.165) is 25.1 Å². The zero-order valence-corrected chi connectivity index (χ0v) is 10.8. The van der Waals surface area contributed by atoms with Crippen LogP contribution in [0.1, 0.15) is 5.56 Å². The van der Waals surface area contributed by atoms with Gasteiger partial charge in [0.05, 0.1) is 4.90 Å². The second-order valence-corrected chi connectivity index (χ2v) is 6.00. The topological polar surface area (TPSA) is 46.2 Å². The lowest BCUT2D eigenvalue weighted by Gasteiger charge is -2.04. The number of benzene rings is 1. The van der Waals surface area contributed by atoms with E-state index >= 15 is 0 Å². The summed E-state index contributed by atoms with van der Waals surface area (Å²) in [5, 5.41) is 3.18. The summed E-state index contributed by atoms with van der Waals surface area (Å²) in [6, 6.07) is 6.98. The first-order chi connectivity index (χ1) is 7.54. The van der Waals surface area contributed by atoms with Gasteiger partial charge in [-0.2, -0.15) is 0 Å². The number of alkyl halides is 1. The van der Waals surface area contributed by atoms with Gasteiger partial charge in [-0.25, -0.2) is 8.42 Å². The highest BCUT2D eigenvalue weighted by molar-refractivity contribution is 7.90. The van der Waals surface area contributed by atoms with E-state index < -0.39 is 9.84 Å². The van der Waals surface area contributed by atoms with E-state index in [4.69, 9.17) is 11.6 Å². The molecule has 1 aromatic rings. The summed E-state index contributed by atoms with van der Waals surface area (Å²) in [4.78, 5) is 0.366. The Bertz CT molecular complexity index is 414. The lowest BCUT2D eigenvalue weighted by molar-refractivity contribution is 0.602. The molecule has 0 radical (unpaired) electrons. The summed E-state index contributed by atoms with van der Waals surface area (Å²) >= 11 is 5.53. The van der Waals surface area contributed by atoms with Gasteiger partial charge in [0.1, 0.15) is 0 Å². The quantitative estimate of drug-likeness (QED) is 0.623. The second-order valence-electron chi connectivity index (χ2n) is 3.61. The van der Waals surface area contributed by atoms with Crippen molar-refractivity contribution in [3.8, 4) is 0 Å². The molecule has 0 bridgehead atoms. The van der Waals surface area contributed by atoms with Crippen LogP contribution >= 0.6 is 11.6 Å². The minimum Gasteiger partial charge on any atom is -0.315 e. The van der Waals surface area contributed by atoms with Crippen LogP contribution in [0.3, 0.4) is 0 Å². The molecule has 0 saturated carbocycles. The smallest absolute Gasteiger partial charge is 0.175 e. The normalized spacial score (nSPS) is 11.6. The van der Waals surface area contributed by atoms with Crippen molar-refractivity contribution in [1.29, 1.82) is 0 Å². The van der Waals surface area contributed by atoms with Gasteiger partial charge in [-0.3, -0.25) is 0 Å². The van der Waals surface area contributed by atoms with Crippen LogP contribution in [0, 0.1) is 0 Å². The molecule has 0 heterocycles. The fourth-order valence-corrected chi connectivity index (χ4v) is 2.09. The summed E-state index contributed by atoms with van der Waals surface area (Å²) in [5.41, 5.74) is 1.12. The minimum atomic E-state index is -3.08. The first-order valence-electron chi connectivity index (χ1n) is 5.09. The molecule has 5 heteroatoms. The van der Waals surface area contributed by atoms with Crippen LogP contribution in [-0.2, 0) is 16.3 Å². The zero-order chi connectivity index (χ0) is 12.0. The summed E-state index contributed by atoms with van der Waals surface area (Å²) in [6.07, 6.45) is 2.09. The number of rotatable bonds is 6. The Morgan fingerprint density at radius 3 is 2.31 bits per heavy atom. The van der Waals surface area contributed by atoms with Crippen LogP contribution in [-0.4, -0.2) is 33.6 Å². The van der Waals surface area contributed by atoms with Crippen LogP contribution < -0.4 is 5.32 Å². The van der Waals surface area contributed by atoms with E-state index in [-0.39, 0.29) is 0 Å². The third kappa shape index (κ3) is 4.51. The highest BCUT2D eigenvalue weighted by Crippen LogP contribution is 2.10. The number of sulfone groups is 1. The molecule has 0 aromatic heterocycles. The molecule has 0 amide bonds. The molecule has 1 rings (SSSR count). The third-order valence-electron chi connectivity index (χ3n) is 2.21. The Morgan fingerprint density at radius 2 is 1.81 bits per heavy atom. The van der Waals surface area contributed by atoms with Crippen molar-refractivity contribution < 1.29 is 8.42 Å². The van der Waals surface area contributed by atoms with Gasteiger partial charge in [0.25, 0.3) is 0 Å². The fraction of sp³-hybridized carbons (Fsp3) is 0.455. The number of nitrogens with one attached hydrogen (secondary N) is 1. The summed E-state index contributed by atoms with van der Waals surface area (Å²) < 4.78 is 22.4. The number of hydrogen-bond donors (Lipinski definition) is 1. The van der Waals surface area contributed by atoms with Crippen LogP contribution in [0.4, 0.5) is 0 Å². The van der Waals surface area contributed by atoms with Crippen LogP contribution in [0.15, 0.2) is 29.2 Å². The van der Waals surface area contributed by atoms with Crippen LogP contribution in [0.2, 0.25) is 0 Å². The predicted molar refractivity (Wildman–Crippen MR) is 66.8 cm³/mol. The Balaban J connectivity index is 2.52. The highest BCUT2D eigenvalue weighted by Gasteiger charge is 2.05. The molecule has 0 aliphatic heterocycles. The van der Waals surface area contributed by atoms with Crippen LogP contribution in [0.25, 0.3) is 0 Å². The van der Waals surface area contributed by atoms with Gasteiger partial charge < -0.3 is 5.32 Å². The molecule has 16 heavy (non-hydrogen) atoms. The van der Waals surface area contributed by atoms with Gasteiger partial charge in [0, 0.05) is 18.7 Å². The van der Waals surface area contributed by atoms with Gasteiger partial charge in [0.2, 0.25) is 0 Å². The maximum atomic E-state index is 11.2. The van der Waals surface area contributed by atoms with E-state index in [9.17, 15) is 8.42 Å². The minimum absolute atomic E-state index is 0.366. The van der Waals surface area contributed by atoms with Crippen molar-refractivity contribution in [1.82, 2.24) is 5.32 Å². The van der Waals surface area contributed by atoms with E-state index in [1.54, 1.807) is 12.1 Å². The largest absolute Gasteiger partial charge is 0.315 e. The SMILES string of the molecule is CS(=O)(=O)c1ccc(CCNCCCl)cc1. The van der Waals surface area contributed by atoms with Crippen molar-refractivity contribution in [3.05, 3.63) is 29.8 Å². The Morgan fingerprint density at radius 1 is 1.19 bits per heavy atom. The molecule has 0 saturated heterocycles. The second kappa shape index (κ2) is 6.23. The summed E-state index contributed by atoms with van der Waals surface area (Å²) in [7, 11) is -3.08. The van der Waals surface area contributed by atoms with E-state index in [1.807, 2.05) is 12.1 Å². The Labute approximate surface area is 102 Å². The number of halogens is 1. The lowest BCUT2D eigenvalue weighted by Crippen LogP contribution is -2.19. The standard InChI is InChI=1S/C11H16ClNO2S/c1-16(14,15)11-4-2-10(3-5-11)6-8-13-9-7-12/h2-5,13H,6-9H2,1H3. The Kier molecular flexibility index (Phi) is 5.25. The van der Waals surface area contributed by atoms with Gasteiger partial charge in [-0.05, 0) is 30.7 Å². The van der Waals surface area contributed by atoms with E-state index in [2.05, 4.69) is 5.32 Å². The van der Waals surface area contributed by atoms with Crippen LogP contribution in [0.5, 0.6) is 0 Å². The van der Waals surface area contributed by atoms with E-state index in [1.165, 1.54) is 6.26 Å². The fourth-order valence-electron chi connectivity index (χ4n) is 1.33. The van der Waals surface area contributed by atoms with Crippen molar-refractivity contribution in [2.45, 2.75) is 11.3 Å². The molecule has 1 N–H and O–H groups in total. The molecular formula is C11H16ClNO2S. The molecular weight excluding hydrogens is 246 g/mol. The van der Waals surface area contributed by atoms with Crippen molar-refractivity contribution in [3.63, 3.8) is 0 Å². The molecule has 0 spiro atoms. The van der Waals surface area contributed by atoms with Gasteiger partial charge in [-0.15, -0.1) is 11.6 Å². The molecule has 0 atom stereocenters. The van der Waals surface area contributed by atoms with Crippen molar-refractivity contribution in [2.75, 3.05) is 25.2 Å². The monoisotopic (exact) mass is 261 g/mol. The first-order valence-corrected chi connectivity index (χ1v) is 7.52. The van der Waals surface area contributed by atoms with Gasteiger partial charge >= 0.3 is 0 Å². The zero-order valence-electron chi connectivity index (χ0n) is 9.24. The average molecular weight is 262 g/mol. The van der Waals surface area contributed by atoms with Gasteiger partial charge in [0.15, 0.2) is 9.84 Å². The first kappa shape index (κ1) is 13.5. The van der Waals surface area contributed by atoms with E-state index in [0.29, 0.717) is 10.8 Å². The molecule has 1 aromatic carbocycles. The third-order valence-corrected chi connectivity index (χ3v) is 3.53. The maximum Gasteiger partial charge on any atom is 0.175 e. The maximum absolute atomic E-state index is 11.2. The molecule has 3 nitrogen and oxygen atoms in total. The molecule has 0 fully saturated rings. The molecule has 0 aliphatic rings. The number of hydrogen-bond acceptors (Lipinski definition) is 3. The molecule has 0 unspecified atom stereocenters. The lowest BCUT2D eigenvalue weighted by atomic mass is 10.1. The predicted octanol–water partition coefficient (Wildman–Crippen LogP) is 1.46. The summed E-state index contributed by atoms with van der Waals surface area (Å²) in [5.74, 6) is 0.604.